The van der Waals surface area contributed by atoms with Gasteiger partial charge in [0.15, 0.2) is 0 Å². The average molecular weight is 287 g/mol. The molecule has 21 heavy (non-hydrogen) atoms. The predicted octanol–water partition coefficient (Wildman–Crippen LogP) is 5.01. The van der Waals surface area contributed by atoms with Crippen molar-refractivity contribution in [2.24, 2.45) is 0 Å². The average Bonchev–Trinajstić information content (AvgIpc) is 2.46. The first-order valence-corrected chi connectivity index (χ1v) is 6.53. The van der Waals surface area contributed by atoms with E-state index in [4.69, 9.17) is 0 Å². The minimum atomic E-state index is -4.23. The summed E-state index contributed by atoms with van der Waals surface area (Å²) in [5, 5.41) is 1.43. The topological polar surface area (TPSA) is 12.9 Å². The van der Waals surface area contributed by atoms with Gasteiger partial charge in [-0.1, -0.05) is 30.3 Å². The summed E-state index contributed by atoms with van der Waals surface area (Å²) in [6, 6.07) is 16.0. The van der Waals surface area contributed by atoms with Crippen LogP contribution in [0.15, 0.2) is 60.8 Å². The van der Waals surface area contributed by atoms with Crippen molar-refractivity contribution in [3.63, 3.8) is 0 Å². The SMILES string of the molecule is FC(F)(F)Cc1cc(-c2ccccn2)cc2ccccc12. The van der Waals surface area contributed by atoms with Crippen LogP contribution >= 0.6 is 0 Å². The molecule has 0 spiro atoms. The number of nitrogens with zero attached hydrogens (tertiary/aromatic N) is 1. The van der Waals surface area contributed by atoms with E-state index in [1.165, 1.54) is 0 Å². The molecule has 3 rings (SSSR count). The van der Waals surface area contributed by atoms with Crippen LogP contribution in [0.2, 0.25) is 0 Å². The van der Waals surface area contributed by atoms with E-state index in [0.29, 0.717) is 16.6 Å². The fourth-order valence-electron chi connectivity index (χ4n) is 2.43. The number of fused-ring (bicyclic) bond motifs is 1. The maximum atomic E-state index is 12.8. The summed E-state index contributed by atoms with van der Waals surface area (Å²) in [6.45, 7) is 0. The molecule has 0 radical (unpaired) electrons. The fourth-order valence-corrected chi connectivity index (χ4v) is 2.43. The van der Waals surface area contributed by atoms with Crippen molar-refractivity contribution in [3.05, 3.63) is 66.4 Å². The van der Waals surface area contributed by atoms with E-state index in [1.807, 2.05) is 24.3 Å². The van der Waals surface area contributed by atoms with Crippen LogP contribution in [0.25, 0.3) is 22.0 Å². The van der Waals surface area contributed by atoms with Crippen LogP contribution in [-0.2, 0) is 6.42 Å². The highest BCUT2D eigenvalue weighted by atomic mass is 19.4. The summed E-state index contributed by atoms with van der Waals surface area (Å²) < 4.78 is 38.4. The summed E-state index contributed by atoms with van der Waals surface area (Å²) in [4.78, 5) is 4.21. The Morgan fingerprint density at radius 2 is 1.67 bits per heavy atom. The molecule has 106 valence electrons. The number of alkyl halides is 3. The van der Waals surface area contributed by atoms with Gasteiger partial charge in [-0.25, -0.2) is 0 Å². The molecule has 0 unspecified atom stereocenters. The molecule has 3 aromatic rings. The molecule has 0 aliphatic carbocycles. The third kappa shape index (κ3) is 3.05. The fraction of sp³-hybridized carbons (Fsp3) is 0.118. The van der Waals surface area contributed by atoms with Gasteiger partial charge in [-0.2, -0.15) is 13.2 Å². The van der Waals surface area contributed by atoms with Gasteiger partial charge in [0, 0.05) is 11.8 Å². The Morgan fingerprint density at radius 1 is 0.905 bits per heavy atom. The van der Waals surface area contributed by atoms with E-state index in [9.17, 15) is 13.2 Å². The van der Waals surface area contributed by atoms with Gasteiger partial charge in [0.25, 0.3) is 0 Å². The van der Waals surface area contributed by atoms with Crippen LogP contribution in [0.1, 0.15) is 5.56 Å². The summed E-state index contributed by atoms with van der Waals surface area (Å²) in [7, 11) is 0. The van der Waals surface area contributed by atoms with Crippen molar-refractivity contribution in [3.8, 4) is 11.3 Å². The molecule has 0 aliphatic rings. The van der Waals surface area contributed by atoms with Gasteiger partial charge in [0.1, 0.15) is 0 Å². The number of hydrogen-bond donors (Lipinski definition) is 0. The zero-order valence-corrected chi connectivity index (χ0v) is 11.1. The van der Waals surface area contributed by atoms with Gasteiger partial charge < -0.3 is 0 Å². The Bertz CT molecular complexity index is 764. The Hall–Kier alpha value is -2.36. The van der Waals surface area contributed by atoms with Crippen LogP contribution in [0.3, 0.4) is 0 Å². The van der Waals surface area contributed by atoms with E-state index < -0.39 is 12.6 Å². The lowest BCUT2D eigenvalue weighted by molar-refractivity contribution is -0.126. The molecule has 1 aromatic heterocycles. The molecule has 0 bridgehead atoms. The lowest BCUT2D eigenvalue weighted by Gasteiger charge is -2.12. The molecule has 0 fully saturated rings. The number of aromatic nitrogens is 1. The molecule has 0 saturated carbocycles. The predicted molar refractivity (Wildman–Crippen MR) is 76.9 cm³/mol. The Balaban J connectivity index is 2.20. The third-order valence-electron chi connectivity index (χ3n) is 3.30. The summed E-state index contributed by atoms with van der Waals surface area (Å²) >= 11 is 0. The molecule has 0 amide bonds. The highest BCUT2D eigenvalue weighted by Gasteiger charge is 2.28. The van der Waals surface area contributed by atoms with E-state index in [-0.39, 0.29) is 5.56 Å². The highest BCUT2D eigenvalue weighted by molar-refractivity contribution is 5.90. The van der Waals surface area contributed by atoms with Gasteiger partial charge in [-0.3, -0.25) is 4.98 Å². The minimum absolute atomic E-state index is 0.279. The largest absolute Gasteiger partial charge is 0.393 e. The standard InChI is InChI=1S/C17H12F3N/c18-17(19,20)11-14-10-13(16-7-3-4-8-21-16)9-12-5-1-2-6-15(12)14/h1-10H,11H2. The molecule has 1 nitrogen and oxygen atoms in total. The lowest BCUT2D eigenvalue weighted by atomic mass is 9.97. The van der Waals surface area contributed by atoms with Crippen LogP contribution in [-0.4, -0.2) is 11.2 Å². The number of pyridine rings is 1. The molecule has 0 aliphatic heterocycles. The van der Waals surface area contributed by atoms with Crippen molar-refractivity contribution < 1.29 is 13.2 Å². The Labute approximate surface area is 120 Å². The Morgan fingerprint density at radius 3 is 2.38 bits per heavy atom. The second kappa shape index (κ2) is 5.20. The molecule has 2 aromatic carbocycles. The molecule has 0 N–H and O–H groups in total. The number of benzene rings is 2. The second-order valence-electron chi connectivity index (χ2n) is 4.86. The summed E-state index contributed by atoms with van der Waals surface area (Å²) in [5.74, 6) is 0. The molecule has 0 saturated heterocycles. The van der Waals surface area contributed by atoms with Crippen molar-refractivity contribution in [1.29, 1.82) is 0 Å². The normalized spacial score (nSPS) is 11.8. The van der Waals surface area contributed by atoms with Crippen molar-refractivity contribution in [2.45, 2.75) is 12.6 Å². The highest BCUT2D eigenvalue weighted by Crippen LogP contribution is 2.31. The Kier molecular flexibility index (Phi) is 3.37. The third-order valence-corrected chi connectivity index (χ3v) is 3.30. The van der Waals surface area contributed by atoms with Gasteiger partial charge in [-0.05, 0) is 40.6 Å². The first-order chi connectivity index (χ1) is 10.0. The number of halogens is 3. The lowest BCUT2D eigenvalue weighted by Crippen LogP contribution is -2.12. The van der Waals surface area contributed by atoms with Gasteiger partial charge >= 0.3 is 6.18 Å². The smallest absolute Gasteiger partial charge is 0.256 e. The van der Waals surface area contributed by atoms with Crippen molar-refractivity contribution >= 4 is 10.8 Å². The van der Waals surface area contributed by atoms with Gasteiger partial charge in [0.2, 0.25) is 0 Å². The zero-order valence-electron chi connectivity index (χ0n) is 11.1. The van der Waals surface area contributed by atoms with Crippen LogP contribution in [0, 0.1) is 0 Å². The van der Waals surface area contributed by atoms with Crippen LogP contribution in [0.5, 0.6) is 0 Å². The summed E-state index contributed by atoms with van der Waals surface area (Å²) in [6.07, 6.45) is -3.53. The molecule has 1 heterocycles. The number of rotatable bonds is 2. The van der Waals surface area contributed by atoms with Crippen LogP contribution in [0.4, 0.5) is 13.2 Å². The van der Waals surface area contributed by atoms with Gasteiger partial charge in [-0.15, -0.1) is 0 Å². The van der Waals surface area contributed by atoms with Crippen molar-refractivity contribution in [2.75, 3.05) is 0 Å². The second-order valence-corrected chi connectivity index (χ2v) is 4.86. The summed E-state index contributed by atoms with van der Waals surface area (Å²) in [5.41, 5.74) is 1.65. The molecular formula is C17H12F3N. The quantitative estimate of drug-likeness (QED) is 0.646. The van der Waals surface area contributed by atoms with E-state index in [2.05, 4.69) is 4.98 Å². The van der Waals surface area contributed by atoms with Gasteiger partial charge in [0.05, 0.1) is 12.1 Å². The maximum Gasteiger partial charge on any atom is 0.393 e. The molecule has 0 atom stereocenters. The maximum absolute atomic E-state index is 12.8. The monoisotopic (exact) mass is 287 g/mol. The van der Waals surface area contributed by atoms with E-state index in [0.717, 1.165) is 5.39 Å². The first kappa shape index (κ1) is 13.6. The molecule has 4 heteroatoms. The van der Waals surface area contributed by atoms with E-state index >= 15 is 0 Å². The molecular weight excluding hydrogens is 275 g/mol. The van der Waals surface area contributed by atoms with Crippen LogP contribution < -0.4 is 0 Å². The van der Waals surface area contributed by atoms with Crippen molar-refractivity contribution in [1.82, 2.24) is 4.98 Å². The minimum Gasteiger partial charge on any atom is -0.256 e. The number of hydrogen-bond acceptors (Lipinski definition) is 1. The first-order valence-electron chi connectivity index (χ1n) is 6.53. The van der Waals surface area contributed by atoms with E-state index in [1.54, 1.807) is 36.5 Å². The zero-order chi connectivity index (χ0) is 14.9.